The maximum absolute atomic E-state index is 10.8. The molecule has 4 heteroatoms. The first kappa shape index (κ1) is 12.4. The molecular weight excluding hydrogens is 230 g/mol. The van der Waals surface area contributed by atoms with Crippen LogP contribution in [0, 0.1) is 0 Å². The van der Waals surface area contributed by atoms with Crippen LogP contribution in [0.2, 0.25) is 0 Å². The van der Waals surface area contributed by atoms with Crippen molar-refractivity contribution in [3.05, 3.63) is 42.0 Å². The van der Waals surface area contributed by atoms with Gasteiger partial charge in [-0.05, 0) is 12.3 Å². The Morgan fingerprint density at radius 3 is 2.72 bits per heavy atom. The molecule has 18 heavy (non-hydrogen) atoms. The molecule has 0 aliphatic carbocycles. The molecule has 1 atom stereocenters. The van der Waals surface area contributed by atoms with E-state index in [1.165, 1.54) is 0 Å². The molecule has 0 saturated heterocycles. The molecular formula is C14H15NO3. The monoisotopic (exact) mass is 245 g/mol. The topological polar surface area (TPSA) is 72.6 Å². The minimum Gasteiger partial charge on any atom is -0.483 e. The van der Waals surface area contributed by atoms with Gasteiger partial charge in [0.15, 0.2) is 6.61 Å². The summed E-state index contributed by atoms with van der Waals surface area (Å²) in [7, 11) is 0. The van der Waals surface area contributed by atoms with E-state index >= 15 is 0 Å². The Morgan fingerprint density at radius 2 is 2.06 bits per heavy atom. The third-order valence-electron chi connectivity index (χ3n) is 2.72. The van der Waals surface area contributed by atoms with Crippen LogP contribution >= 0.6 is 0 Å². The number of carbonyl (C=O) groups is 1. The van der Waals surface area contributed by atoms with Gasteiger partial charge < -0.3 is 15.6 Å². The molecule has 0 heterocycles. The fourth-order valence-corrected chi connectivity index (χ4v) is 1.89. The van der Waals surface area contributed by atoms with Gasteiger partial charge in [-0.2, -0.15) is 0 Å². The molecule has 0 bridgehead atoms. The molecule has 0 radical (unpaired) electrons. The van der Waals surface area contributed by atoms with Crippen LogP contribution in [0.15, 0.2) is 36.4 Å². The lowest BCUT2D eigenvalue weighted by atomic mass is 10.0. The number of carbonyl (C=O) groups excluding carboxylic acids is 1. The smallest absolute Gasteiger partial charge is 0.255 e. The van der Waals surface area contributed by atoms with Crippen molar-refractivity contribution in [1.82, 2.24) is 0 Å². The van der Waals surface area contributed by atoms with Crippen LogP contribution in [-0.4, -0.2) is 17.6 Å². The highest BCUT2D eigenvalue weighted by atomic mass is 16.5. The van der Waals surface area contributed by atoms with Crippen LogP contribution in [0.3, 0.4) is 0 Å². The average Bonchev–Trinajstić information content (AvgIpc) is 2.35. The summed E-state index contributed by atoms with van der Waals surface area (Å²) in [6.45, 7) is 1.45. The molecule has 2 aromatic carbocycles. The molecule has 0 saturated carbocycles. The largest absolute Gasteiger partial charge is 0.483 e. The van der Waals surface area contributed by atoms with E-state index < -0.39 is 12.0 Å². The van der Waals surface area contributed by atoms with Crippen LogP contribution in [0.1, 0.15) is 18.6 Å². The van der Waals surface area contributed by atoms with Gasteiger partial charge in [0.2, 0.25) is 0 Å². The van der Waals surface area contributed by atoms with E-state index in [4.69, 9.17) is 10.5 Å². The quantitative estimate of drug-likeness (QED) is 0.862. The lowest BCUT2D eigenvalue weighted by Crippen LogP contribution is -2.20. The highest BCUT2D eigenvalue weighted by molar-refractivity contribution is 5.90. The second-order valence-electron chi connectivity index (χ2n) is 4.14. The second kappa shape index (κ2) is 5.06. The minimum absolute atomic E-state index is 0.201. The molecule has 4 nitrogen and oxygen atoms in total. The summed E-state index contributed by atoms with van der Waals surface area (Å²) < 4.78 is 5.44. The highest BCUT2D eigenvalue weighted by Gasteiger charge is 2.13. The van der Waals surface area contributed by atoms with Crippen LogP contribution in [0.25, 0.3) is 10.8 Å². The zero-order valence-corrected chi connectivity index (χ0v) is 10.1. The van der Waals surface area contributed by atoms with E-state index in [-0.39, 0.29) is 6.61 Å². The predicted molar refractivity (Wildman–Crippen MR) is 69.3 cm³/mol. The van der Waals surface area contributed by atoms with Gasteiger partial charge in [-0.15, -0.1) is 0 Å². The molecule has 0 aromatic heterocycles. The standard InChI is InChI=1S/C14H15NO3/c1-9(16)11-7-6-10-4-2-3-5-12(10)14(11)18-8-13(15)17/h2-7,9,16H,8H2,1H3,(H2,15,17)/t9-/m1/s1. The number of fused-ring (bicyclic) bond motifs is 1. The second-order valence-corrected chi connectivity index (χ2v) is 4.14. The summed E-state index contributed by atoms with van der Waals surface area (Å²) in [5, 5.41) is 11.6. The van der Waals surface area contributed by atoms with Crippen LogP contribution in [0.4, 0.5) is 0 Å². The Kier molecular flexibility index (Phi) is 3.48. The summed E-state index contributed by atoms with van der Waals surface area (Å²) in [5.41, 5.74) is 5.73. The number of aliphatic hydroxyl groups is 1. The van der Waals surface area contributed by atoms with Crippen molar-refractivity contribution in [1.29, 1.82) is 0 Å². The molecule has 2 aromatic rings. The van der Waals surface area contributed by atoms with E-state index in [1.54, 1.807) is 13.0 Å². The Labute approximate surface area is 105 Å². The number of aliphatic hydroxyl groups excluding tert-OH is 1. The maximum Gasteiger partial charge on any atom is 0.255 e. The van der Waals surface area contributed by atoms with Crippen molar-refractivity contribution < 1.29 is 14.6 Å². The lowest BCUT2D eigenvalue weighted by molar-refractivity contribution is -0.119. The zero-order chi connectivity index (χ0) is 13.1. The SMILES string of the molecule is C[C@@H](O)c1ccc2ccccc2c1OCC(N)=O. The molecule has 94 valence electrons. The van der Waals surface area contributed by atoms with E-state index in [2.05, 4.69) is 0 Å². The summed E-state index contributed by atoms with van der Waals surface area (Å²) in [4.78, 5) is 10.8. The van der Waals surface area contributed by atoms with Crippen molar-refractivity contribution in [3.63, 3.8) is 0 Å². The first-order valence-electron chi connectivity index (χ1n) is 5.70. The zero-order valence-electron chi connectivity index (χ0n) is 10.1. The van der Waals surface area contributed by atoms with Crippen molar-refractivity contribution in [2.75, 3.05) is 6.61 Å². The van der Waals surface area contributed by atoms with Gasteiger partial charge in [0.25, 0.3) is 5.91 Å². The Morgan fingerprint density at radius 1 is 1.33 bits per heavy atom. The summed E-state index contributed by atoms with van der Waals surface area (Å²) in [6.07, 6.45) is -0.669. The van der Waals surface area contributed by atoms with Gasteiger partial charge in [0.05, 0.1) is 6.10 Å². The molecule has 1 amide bonds. The highest BCUT2D eigenvalue weighted by Crippen LogP contribution is 2.33. The minimum atomic E-state index is -0.669. The lowest BCUT2D eigenvalue weighted by Gasteiger charge is -2.15. The number of hydrogen-bond acceptors (Lipinski definition) is 3. The van der Waals surface area contributed by atoms with Gasteiger partial charge >= 0.3 is 0 Å². The number of amides is 1. The Hall–Kier alpha value is -2.07. The summed E-state index contributed by atoms with van der Waals surface area (Å²) in [6, 6.07) is 11.3. The molecule has 2 rings (SSSR count). The number of primary amides is 1. The summed E-state index contributed by atoms with van der Waals surface area (Å²) >= 11 is 0. The van der Waals surface area contributed by atoms with Crippen molar-refractivity contribution in [3.8, 4) is 5.75 Å². The molecule has 0 spiro atoms. The van der Waals surface area contributed by atoms with Crippen molar-refractivity contribution in [2.24, 2.45) is 5.73 Å². The fraction of sp³-hybridized carbons (Fsp3) is 0.214. The maximum atomic E-state index is 10.8. The van der Waals surface area contributed by atoms with Gasteiger partial charge in [0, 0.05) is 10.9 Å². The van der Waals surface area contributed by atoms with Crippen LogP contribution in [-0.2, 0) is 4.79 Å². The van der Waals surface area contributed by atoms with E-state index in [0.717, 1.165) is 10.8 Å². The number of hydrogen-bond donors (Lipinski definition) is 2. The van der Waals surface area contributed by atoms with Gasteiger partial charge in [-0.1, -0.05) is 36.4 Å². The number of benzene rings is 2. The number of ether oxygens (including phenoxy) is 1. The normalized spacial score (nSPS) is 12.3. The Balaban J connectivity index is 2.55. The van der Waals surface area contributed by atoms with E-state index in [0.29, 0.717) is 11.3 Å². The third kappa shape index (κ3) is 2.43. The molecule has 0 unspecified atom stereocenters. The first-order chi connectivity index (χ1) is 8.59. The number of rotatable bonds is 4. The van der Waals surface area contributed by atoms with Gasteiger partial charge in [-0.3, -0.25) is 4.79 Å². The molecule has 0 fully saturated rings. The van der Waals surface area contributed by atoms with Crippen LogP contribution < -0.4 is 10.5 Å². The van der Waals surface area contributed by atoms with E-state index in [9.17, 15) is 9.90 Å². The van der Waals surface area contributed by atoms with Gasteiger partial charge in [-0.25, -0.2) is 0 Å². The Bertz CT molecular complexity index is 578. The average molecular weight is 245 g/mol. The molecule has 3 N–H and O–H groups in total. The predicted octanol–water partition coefficient (Wildman–Crippen LogP) is 1.76. The fourth-order valence-electron chi connectivity index (χ4n) is 1.89. The van der Waals surface area contributed by atoms with Crippen molar-refractivity contribution in [2.45, 2.75) is 13.0 Å². The molecule has 0 aliphatic heterocycles. The van der Waals surface area contributed by atoms with Gasteiger partial charge in [0.1, 0.15) is 5.75 Å². The number of nitrogens with two attached hydrogens (primary N) is 1. The summed E-state index contributed by atoms with van der Waals surface area (Å²) in [5.74, 6) is -0.0265. The third-order valence-corrected chi connectivity index (χ3v) is 2.72. The van der Waals surface area contributed by atoms with Crippen LogP contribution in [0.5, 0.6) is 5.75 Å². The first-order valence-corrected chi connectivity index (χ1v) is 5.70. The molecule has 0 aliphatic rings. The van der Waals surface area contributed by atoms with E-state index in [1.807, 2.05) is 30.3 Å². The van der Waals surface area contributed by atoms with Crippen molar-refractivity contribution >= 4 is 16.7 Å².